The van der Waals surface area contributed by atoms with Crippen molar-refractivity contribution in [3.05, 3.63) is 0 Å². The van der Waals surface area contributed by atoms with Crippen molar-refractivity contribution in [2.24, 2.45) is 0 Å². The number of hydrogen-bond donors (Lipinski definition) is 0. The average molecular weight is 458 g/mol. The maximum absolute atomic E-state index is 0. The van der Waals surface area contributed by atoms with E-state index in [0.29, 0.717) is 0 Å². The molecular formula is H3CoCrFeMnMoNiSiV. The quantitative estimate of drug-likeness (QED) is 0.401. The second-order valence-electron chi connectivity index (χ2n) is 0. The third-order valence-electron chi connectivity index (χ3n) is 0. The summed E-state index contributed by atoms with van der Waals surface area (Å²) in [5.74, 6) is 0. The van der Waals surface area contributed by atoms with Crippen molar-refractivity contribution in [2.45, 2.75) is 0 Å². The van der Waals surface area contributed by atoms with Gasteiger partial charge in [0.2, 0.25) is 0 Å². The average Bonchev–Trinajstić information content (AvgIpc) is 0. The Bertz CT molecular complexity index is 24.0. The van der Waals surface area contributed by atoms with E-state index in [1.165, 1.54) is 0 Å². The van der Waals surface area contributed by atoms with Gasteiger partial charge in [0.25, 0.3) is 0 Å². The molecule has 0 amide bonds. The van der Waals surface area contributed by atoms with Crippen molar-refractivity contribution in [3.8, 4) is 0 Å². The van der Waals surface area contributed by atoms with Crippen LogP contribution in [0.25, 0.3) is 0 Å². The first kappa shape index (κ1) is 89.5. The number of hydrogen-bond acceptors (Lipinski definition) is 0. The molecule has 0 aliphatic heterocycles. The van der Waals surface area contributed by atoms with E-state index in [-0.39, 0.29) is 135 Å². The molecule has 0 spiro atoms. The van der Waals surface area contributed by atoms with Crippen LogP contribution < -0.4 is 0 Å². The Hall–Kier alpha value is 4.06. The van der Waals surface area contributed by atoms with Gasteiger partial charge in [-0.05, 0) is 11.0 Å². The summed E-state index contributed by atoms with van der Waals surface area (Å²) in [7, 11) is 0. The predicted octanol–water partition coefficient (Wildman–Crippen LogP) is -1.20. The maximum Gasteiger partial charge on any atom is 0 e. The Morgan fingerprint density at radius 2 is 1.00 bits per heavy atom. The molecule has 0 aromatic heterocycles. The monoisotopic (exact) mass is 460 g/mol. The molecule has 0 bridgehead atoms. The molecule has 8 heavy (non-hydrogen) atoms. The van der Waals surface area contributed by atoms with Gasteiger partial charge in [-0.1, -0.05) is 0 Å². The molecule has 0 rings (SSSR count). The molecule has 4 radical (unpaired) electrons. The molecule has 0 unspecified atom stereocenters. The molecule has 0 saturated heterocycles. The first-order chi connectivity index (χ1) is 0. The van der Waals surface area contributed by atoms with E-state index in [1.807, 2.05) is 0 Å². The first-order valence-electron chi connectivity index (χ1n) is 0. The standard InChI is InChI=1S/Co.Cr.Fe.Mn.Mo.Ni.H3Si.V/h;;;;;;1H3;. The molecule has 0 nitrogen and oxygen atoms in total. The van der Waals surface area contributed by atoms with Gasteiger partial charge in [-0.25, -0.2) is 0 Å². The normalized spacial score (nSPS) is 0. The molecule has 0 aliphatic carbocycles. The Labute approximate surface area is 133 Å². The molecule has 0 saturated carbocycles. The smallest absolute Gasteiger partial charge is 0 e. The fraction of sp³-hybridized carbons (Fsp3) is 0. The van der Waals surface area contributed by atoms with Gasteiger partial charge in [0, 0.05) is 124 Å². The third-order valence-corrected chi connectivity index (χ3v) is 0. The van der Waals surface area contributed by atoms with Crippen molar-refractivity contribution >= 4 is 11.0 Å². The summed E-state index contributed by atoms with van der Waals surface area (Å²) in [5, 5.41) is 0. The summed E-state index contributed by atoms with van der Waals surface area (Å²) in [5.41, 5.74) is 0. The minimum atomic E-state index is 0. The van der Waals surface area contributed by atoms with Crippen LogP contribution in [0.1, 0.15) is 0 Å². The van der Waals surface area contributed by atoms with Crippen LogP contribution in [0.4, 0.5) is 0 Å². The van der Waals surface area contributed by atoms with Crippen LogP contribution in [-0.4, -0.2) is 11.0 Å². The van der Waals surface area contributed by atoms with Crippen LogP contribution >= 0.6 is 0 Å². The summed E-state index contributed by atoms with van der Waals surface area (Å²) in [4.78, 5) is 0. The maximum atomic E-state index is 0. The molecule has 0 fully saturated rings. The van der Waals surface area contributed by atoms with E-state index in [9.17, 15) is 0 Å². The topological polar surface area (TPSA) is 0 Å². The predicted molar refractivity (Wildman–Crippen MR) is 9.94 cm³/mol. The van der Waals surface area contributed by atoms with Gasteiger partial charge in [0.05, 0.1) is 0 Å². The Morgan fingerprint density at radius 1 is 1.00 bits per heavy atom. The number of rotatable bonds is 0. The first-order valence-corrected chi connectivity index (χ1v) is 0. The molecule has 58 valence electrons. The summed E-state index contributed by atoms with van der Waals surface area (Å²) in [6.07, 6.45) is 0. The molecular weight excluding hydrogens is 455 g/mol. The second-order valence-corrected chi connectivity index (χ2v) is 0. The van der Waals surface area contributed by atoms with E-state index in [0.717, 1.165) is 0 Å². The summed E-state index contributed by atoms with van der Waals surface area (Å²) >= 11 is 0. The van der Waals surface area contributed by atoms with E-state index in [2.05, 4.69) is 0 Å². The van der Waals surface area contributed by atoms with Crippen molar-refractivity contribution in [2.75, 3.05) is 0 Å². The third kappa shape index (κ3) is 50.1. The van der Waals surface area contributed by atoms with Gasteiger partial charge in [-0.15, -0.1) is 0 Å². The fourth-order valence-corrected chi connectivity index (χ4v) is 0. The van der Waals surface area contributed by atoms with E-state index in [1.54, 1.807) is 0 Å². The van der Waals surface area contributed by atoms with Gasteiger partial charge in [-0.2, -0.15) is 0 Å². The minimum Gasteiger partial charge on any atom is -0.0125 e. The molecule has 0 atom stereocenters. The molecule has 0 aromatic rings. The van der Waals surface area contributed by atoms with Gasteiger partial charge in [-0.3, -0.25) is 0 Å². The Balaban J connectivity index is 0. The van der Waals surface area contributed by atoms with Crippen LogP contribution in [0.15, 0.2) is 0 Å². The van der Waals surface area contributed by atoms with E-state index >= 15 is 0 Å². The molecule has 0 aliphatic rings. The Kier molecular flexibility index (Phi) is 759. The van der Waals surface area contributed by atoms with Crippen molar-refractivity contribution in [3.63, 3.8) is 0 Å². The van der Waals surface area contributed by atoms with E-state index < -0.39 is 0 Å². The largest absolute Gasteiger partial charge is 0.0125 e. The van der Waals surface area contributed by atoms with Crippen LogP contribution in [0, 0.1) is 0 Å². The van der Waals surface area contributed by atoms with Crippen LogP contribution in [0.3, 0.4) is 0 Å². The SMILES string of the molecule is [Co].[Cr].[Fe].[Mn].[Mo].[Ni].[SiH3].[V]. The zero-order chi connectivity index (χ0) is 0. The zero-order valence-corrected chi connectivity index (χ0v) is 14.6. The van der Waals surface area contributed by atoms with Gasteiger partial charge >= 0.3 is 0 Å². The van der Waals surface area contributed by atoms with Crippen molar-refractivity contribution in [1.29, 1.82) is 0 Å². The zero-order valence-electron chi connectivity index (χ0n) is 3.64. The van der Waals surface area contributed by atoms with Gasteiger partial charge in [0.1, 0.15) is 0 Å². The molecule has 0 N–H and O–H groups in total. The molecule has 0 heterocycles. The molecule has 0 aromatic carbocycles. The summed E-state index contributed by atoms with van der Waals surface area (Å²) in [6.45, 7) is 0. The van der Waals surface area contributed by atoms with Crippen LogP contribution in [0.2, 0.25) is 0 Å². The summed E-state index contributed by atoms with van der Waals surface area (Å²) in [6, 6.07) is 0. The fourth-order valence-electron chi connectivity index (χ4n) is 0. The van der Waals surface area contributed by atoms with Gasteiger partial charge < -0.3 is 0 Å². The Morgan fingerprint density at radius 3 is 1.00 bits per heavy atom. The second kappa shape index (κ2) is 67.9. The summed E-state index contributed by atoms with van der Waals surface area (Å²) < 4.78 is 0. The van der Waals surface area contributed by atoms with Crippen molar-refractivity contribution in [1.82, 2.24) is 0 Å². The van der Waals surface area contributed by atoms with Crippen LogP contribution in [-0.2, 0) is 124 Å². The van der Waals surface area contributed by atoms with Crippen LogP contribution in [0.5, 0.6) is 0 Å². The van der Waals surface area contributed by atoms with E-state index in [4.69, 9.17) is 0 Å². The minimum absolute atomic E-state index is 0. The molecule has 8 heteroatoms. The van der Waals surface area contributed by atoms with Gasteiger partial charge in [0.15, 0.2) is 0 Å². The van der Waals surface area contributed by atoms with Crippen molar-refractivity contribution < 1.29 is 124 Å².